The summed E-state index contributed by atoms with van der Waals surface area (Å²) in [6.45, 7) is 5.52. The van der Waals surface area contributed by atoms with Gasteiger partial charge in [0.05, 0.1) is 5.92 Å². The summed E-state index contributed by atoms with van der Waals surface area (Å²) in [6, 6.07) is 15.5. The first-order chi connectivity index (χ1) is 9.15. The first-order valence-electron chi connectivity index (χ1n) is 6.18. The van der Waals surface area contributed by atoms with E-state index < -0.39 is 11.9 Å². The summed E-state index contributed by atoms with van der Waals surface area (Å²) in [5.41, 5.74) is 3.74. The largest absolute Gasteiger partial charge is 0.481 e. The SMILES string of the molecule is C=Cc1cccc(C(C)C(=O)O)c1-c1ccccc1. The van der Waals surface area contributed by atoms with E-state index in [1.807, 2.05) is 48.5 Å². The van der Waals surface area contributed by atoms with Crippen molar-refractivity contribution in [2.75, 3.05) is 0 Å². The van der Waals surface area contributed by atoms with Gasteiger partial charge in [-0.05, 0) is 29.2 Å². The summed E-state index contributed by atoms with van der Waals surface area (Å²) in [4.78, 5) is 11.3. The standard InChI is InChI=1S/C17H16O2/c1-3-13-10-7-11-15(12(2)17(18)19)16(13)14-8-5-4-6-9-14/h3-12H,1H2,2H3,(H,18,19). The molecule has 0 saturated heterocycles. The minimum Gasteiger partial charge on any atom is -0.481 e. The number of carboxylic acid groups (broad SMARTS) is 1. The highest BCUT2D eigenvalue weighted by Crippen LogP contribution is 2.33. The van der Waals surface area contributed by atoms with Gasteiger partial charge in [-0.25, -0.2) is 0 Å². The van der Waals surface area contributed by atoms with Crippen molar-refractivity contribution >= 4 is 12.0 Å². The van der Waals surface area contributed by atoms with Gasteiger partial charge in [-0.15, -0.1) is 0 Å². The third-order valence-electron chi connectivity index (χ3n) is 3.25. The Bertz CT molecular complexity index is 600. The molecule has 0 radical (unpaired) electrons. The molecule has 2 rings (SSSR count). The average molecular weight is 252 g/mol. The van der Waals surface area contributed by atoms with Crippen LogP contribution in [0.3, 0.4) is 0 Å². The van der Waals surface area contributed by atoms with Crippen molar-refractivity contribution in [1.29, 1.82) is 0 Å². The molecule has 1 unspecified atom stereocenters. The topological polar surface area (TPSA) is 37.3 Å². The van der Waals surface area contributed by atoms with Gasteiger partial charge in [-0.2, -0.15) is 0 Å². The summed E-state index contributed by atoms with van der Waals surface area (Å²) in [7, 11) is 0. The Morgan fingerprint density at radius 1 is 1.16 bits per heavy atom. The highest BCUT2D eigenvalue weighted by Gasteiger charge is 2.19. The van der Waals surface area contributed by atoms with Crippen molar-refractivity contribution in [3.63, 3.8) is 0 Å². The minimum absolute atomic E-state index is 0.546. The molecule has 0 aliphatic rings. The summed E-state index contributed by atoms with van der Waals surface area (Å²) in [5.74, 6) is -1.37. The van der Waals surface area contributed by atoms with Gasteiger partial charge in [0.25, 0.3) is 0 Å². The van der Waals surface area contributed by atoms with Gasteiger partial charge >= 0.3 is 5.97 Å². The van der Waals surface area contributed by atoms with E-state index in [-0.39, 0.29) is 0 Å². The van der Waals surface area contributed by atoms with Crippen molar-refractivity contribution in [3.05, 3.63) is 66.2 Å². The first-order valence-corrected chi connectivity index (χ1v) is 6.18. The predicted octanol–water partition coefficient (Wildman–Crippen LogP) is 4.18. The molecule has 0 aliphatic heterocycles. The molecule has 1 N–H and O–H groups in total. The van der Waals surface area contributed by atoms with Gasteiger partial charge in [-0.1, -0.05) is 61.2 Å². The van der Waals surface area contributed by atoms with Crippen LogP contribution < -0.4 is 0 Å². The minimum atomic E-state index is -0.821. The Hall–Kier alpha value is -2.35. The van der Waals surface area contributed by atoms with Gasteiger partial charge in [0.2, 0.25) is 0 Å². The van der Waals surface area contributed by atoms with Crippen LogP contribution in [0.25, 0.3) is 17.2 Å². The van der Waals surface area contributed by atoms with Gasteiger partial charge in [0, 0.05) is 0 Å². The van der Waals surface area contributed by atoms with E-state index in [2.05, 4.69) is 6.58 Å². The predicted molar refractivity (Wildman–Crippen MR) is 78.0 cm³/mol. The summed E-state index contributed by atoms with van der Waals surface area (Å²) in [5, 5.41) is 9.24. The number of benzene rings is 2. The smallest absolute Gasteiger partial charge is 0.310 e. The highest BCUT2D eigenvalue weighted by atomic mass is 16.4. The third-order valence-corrected chi connectivity index (χ3v) is 3.25. The fraction of sp³-hybridized carbons (Fsp3) is 0.118. The van der Waals surface area contributed by atoms with Crippen LogP contribution in [0.1, 0.15) is 24.0 Å². The van der Waals surface area contributed by atoms with Crippen LogP contribution in [0.4, 0.5) is 0 Å². The molecule has 2 nitrogen and oxygen atoms in total. The van der Waals surface area contributed by atoms with Crippen LogP contribution in [0.5, 0.6) is 0 Å². The molecule has 1 atom stereocenters. The lowest BCUT2D eigenvalue weighted by molar-refractivity contribution is -0.138. The number of carboxylic acids is 1. The summed E-state index contributed by atoms with van der Waals surface area (Å²) in [6.07, 6.45) is 1.76. The average Bonchev–Trinajstić information content (AvgIpc) is 2.46. The van der Waals surface area contributed by atoms with Gasteiger partial charge in [0.15, 0.2) is 0 Å². The molecule has 0 saturated carbocycles. The number of hydrogen-bond donors (Lipinski definition) is 1. The zero-order valence-electron chi connectivity index (χ0n) is 10.8. The molecule has 2 aromatic rings. The molecule has 0 heterocycles. The van der Waals surface area contributed by atoms with Crippen molar-refractivity contribution < 1.29 is 9.90 Å². The quantitative estimate of drug-likeness (QED) is 0.886. The zero-order valence-corrected chi connectivity index (χ0v) is 10.8. The second-order valence-corrected chi connectivity index (χ2v) is 4.44. The molecule has 0 aromatic heterocycles. The third kappa shape index (κ3) is 2.58. The maximum absolute atomic E-state index is 11.3. The monoisotopic (exact) mass is 252 g/mol. The van der Waals surface area contributed by atoms with Gasteiger partial charge in [-0.3, -0.25) is 4.79 Å². The zero-order chi connectivity index (χ0) is 13.8. The molecule has 0 fully saturated rings. The second kappa shape index (κ2) is 5.53. The summed E-state index contributed by atoms with van der Waals surface area (Å²) >= 11 is 0. The van der Waals surface area contributed by atoms with Crippen molar-refractivity contribution in [2.24, 2.45) is 0 Å². The lowest BCUT2D eigenvalue weighted by Crippen LogP contribution is -2.09. The Balaban J connectivity index is 2.69. The van der Waals surface area contributed by atoms with Crippen molar-refractivity contribution in [3.8, 4) is 11.1 Å². The first kappa shape index (κ1) is 13.1. The fourth-order valence-corrected chi connectivity index (χ4v) is 2.19. The van der Waals surface area contributed by atoms with E-state index in [4.69, 9.17) is 0 Å². The Morgan fingerprint density at radius 3 is 2.42 bits per heavy atom. The number of carbonyl (C=O) groups is 1. The van der Waals surface area contributed by atoms with E-state index in [1.54, 1.807) is 13.0 Å². The lowest BCUT2D eigenvalue weighted by Gasteiger charge is -2.16. The van der Waals surface area contributed by atoms with Crippen LogP contribution in [0, 0.1) is 0 Å². The molecule has 0 bridgehead atoms. The van der Waals surface area contributed by atoms with E-state index in [0.29, 0.717) is 0 Å². The van der Waals surface area contributed by atoms with E-state index in [0.717, 1.165) is 22.3 Å². The molecule has 96 valence electrons. The molecule has 2 heteroatoms. The van der Waals surface area contributed by atoms with E-state index in [1.165, 1.54) is 0 Å². The molecule has 0 amide bonds. The van der Waals surface area contributed by atoms with Crippen LogP contribution in [-0.2, 0) is 4.79 Å². The van der Waals surface area contributed by atoms with Gasteiger partial charge in [0.1, 0.15) is 0 Å². The number of rotatable bonds is 4. The van der Waals surface area contributed by atoms with Crippen molar-refractivity contribution in [2.45, 2.75) is 12.8 Å². The molecule has 0 aliphatic carbocycles. The molecule has 19 heavy (non-hydrogen) atoms. The van der Waals surface area contributed by atoms with E-state index in [9.17, 15) is 9.90 Å². The molecular formula is C17H16O2. The Labute approximate surface area is 113 Å². The van der Waals surface area contributed by atoms with Crippen LogP contribution in [0.15, 0.2) is 55.1 Å². The Kier molecular flexibility index (Phi) is 3.81. The number of hydrogen-bond acceptors (Lipinski definition) is 1. The van der Waals surface area contributed by atoms with E-state index >= 15 is 0 Å². The highest BCUT2D eigenvalue weighted by molar-refractivity contribution is 5.84. The normalized spacial score (nSPS) is 11.8. The maximum atomic E-state index is 11.3. The van der Waals surface area contributed by atoms with Crippen LogP contribution >= 0.6 is 0 Å². The van der Waals surface area contributed by atoms with Crippen molar-refractivity contribution in [1.82, 2.24) is 0 Å². The van der Waals surface area contributed by atoms with Crippen LogP contribution in [-0.4, -0.2) is 11.1 Å². The maximum Gasteiger partial charge on any atom is 0.310 e. The van der Waals surface area contributed by atoms with Gasteiger partial charge < -0.3 is 5.11 Å². The second-order valence-electron chi connectivity index (χ2n) is 4.44. The molecule has 0 spiro atoms. The Morgan fingerprint density at radius 2 is 1.84 bits per heavy atom. The van der Waals surface area contributed by atoms with Crippen LogP contribution in [0.2, 0.25) is 0 Å². The fourth-order valence-electron chi connectivity index (χ4n) is 2.19. The number of aliphatic carboxylic acids is 1. The molecular weight excluding hydrogens is 236 g/mol. The summed E-state index contributed by atoms with van der Waals surface area (Å²) < 4.78 is 0. The molecule has 2 aromatic carbocycles. The lowest BCUT2D eigenvalue weighted by atomic mass is 9.88.